The Balaban J connectivity index is 1.64. The number of carbonyl (C=O) groups excluding carboxylic acids is 1. The van der Waals surface area contributed by atoms with E-state index in [0.29, 0.717) is 29.9 Å². The van der Waals surface area contributed by atoms with Gasteiger partial charge in [-0.2, -0.15) is 4.99 Å². The normalized spacial score (nSPS) is 16.2. The molecule has 0 aliphatic heterocycles. The van der Waals surface area contributed by atoms with Crippen LogP contribution in [0, 0.1) is 5.82 Å². The second-order valence-corrected chi connectivity index (χ2v) is 7.24. The zero-order chi connectivity index (χ0) is 20.4. The van der Waals surface area contributed by atoms with Crippen LogP contribution in [0.4, 0.5) is 10.1 Å². The minimum Gasteiger partial charge on any atom is -0.384 e. The maximum Gasteiger partial charge on any atom is 0.258 e. The van der Waals surface area contributed by atoms with E-state index in [1.165, 1.54) is 30.7 Å². The van der Waals surface area contributed by atoms with Crippen LogP contribution >= 0.6 is 0 Å². The predicted octanol–water partition coefficient (Wildman–Crippen LogP) is 2.38. The molecule has 28 heavy (non-hydrogen) atoms. The first-order chi connectivity index (χ1) is 13.2. The third-order valence-corrected chi connectivity index (χ3v) is 4.48. The highest BCUT2D eigenvalue weighted by atomic mass is 19.1. The van der Waals surface area contributed by atoms with Crippen molar-refractivity contribution in [2.24, 2.45) is 10.7 Å². The Morgan fingerprint density at radius 3 is 2.54 bits per heavy atom. The number of aliphatic hydroxyl groups is 1. The third-order valence-electron chi connectivity index (χ3n) is 4.48. The number of carbonyl (C=O) groups is 1. The van der Waals surface area contributed by atoms with E-state index in [9.17, 15) is 14.3 Å². The lowest BCUT2D eigenvalue weighted by molar-refractivity contribution is -0.120. The average Bonchev–Trinajstić information content (AvgIpc) is 3.43. The van der Waals surface area contributed by atoms with Gasteiger partial charge in [0.15, 0.2) is 5.82 Å². The van der Waals surface area contributed by atoms with Crippen LogP contribution in [0.15, 0.2) is 53.9 Å². The van der Waals surface area contributed by atoms with Gasteiger partial charge >= 0.3 is 0 Å². The lowest BCUT2D eigenvalue weighted by Crippen LogP contribution is -2.23. The Hall–Kier alpha value is -3.13. The summed E-state index contributed by atoms with van der Waals surface area (Å²) in [4.78, 5) is 24.6. The molecule has 0 bridgehead atoms. The van der Waals surface area contributed by atoms with Crippen LogP contribution in [-0.2, 0) is 15.8 Å². The molecule has 1 aromatic heterocycles. The Morgan fingerprint density at radius 1 is 1.32 bits per heavy atom. The van der Waals surface area contributed by atoms with Crippen molar-refractivity contribution in [3.63, 3.8) is 0 Å². The number of halogens is 1. The summed E-state index contributed by atoms with van der Waals surface area (Å²) in [5.74, 6) is -0.544. The Bertz CT molecular complexity index is 928. The van der Waals surface area contributed by atoms with Gasteiger partial charge in [0.05, 0.1) is 23.5 Å². The van der Waals surface area contributed by atoms with Gasteiger partial charge in [0.1, 0.15) is 17.3 Å². The SMILES string of the molecule is CC(C)(O)c1ncc(N/C=C\C(N)=NC(=O)C2(c3ccccc3F)CC2)cn1. The van der Waals surface area contributed by atoms with E-state index in [4.69, 9.17) is 5.73 Å². The largest absolute Gasteiger partial charge is 0.384 e. The Kier molecular flexibility index (Phi) is 5.24. The molecule has 0 radical (unpaired) electrons. The molecule has 1 fully saturated rings. The van der Waals surface area contributed by atoms with Crippen molar-refractivity contribution in [1.82, 2.24) is 9.97 Å². The number of aromatic nitrogens is 2. The van der Waals surface area contributed by atoms with E-state index < -0.39 is 22.7 Å². The van der Waals surface area contributed by atoms with Crippen LogP contribution in [-0.4, -0.2) is 26.8 Å². The number of aliphatic imine (C=N–C) groups is 1. The lowest BCUT2D eigenvalue weighted by atomic mass is 9.94. The van der Waals surface area contributed by atoms with Crippen molar-refractivity contribution in [1.29, 1.82) is 0 Å². The van der Waals surface area contributed by atoms with Crippen LogP contribution < -0.4 is 11.1 Å². The quantitative estimate of drug-likeness (QED) is 0.521. The van der Waals surface area contributed by atoms with Gasteiger partial charge in [0, 0.05) is 11.8 Å². The van der Waals surface area contributed by atoms with Crippen LogP contribution in [0.25, 0.3) is 0 Å². The minimum absolute atomic E-state index is 0.00847. The van der Waals surface area contributed by atoms with Crippen molar-refractivity contribution < 1.29 is 14.3 Å². The first-order valence-electron chi connectivity index (χ1n) is 8.84. The summed E-state index contributed by atoms with van der Waals surface area (Å²) in [5, 5.41) is 12.7. The van der Waals surface area contributed by atoms with Crippen molar-refractivity contribution >= 4 is 17.4 Å². The number of anilines is 1. The molecule has 0 spiro atoms. The number of nitrogens with zero attached hydrogens (tertiary/aromatic N) is 3. The smallest absolute Gasteiger partial charge is 0.258 e. The average molecular weight is 383 g/mol. The lowest BCUT2D eigenvalue weighted by Gasteiger charge is -2.14. The number of amides is 1. The van der Waals surface area contributed by atoms with E-state index in [2.05, 4.69) is 20.3 Å². The number of rotatable bonds is 6. The molecule has 4 N–H and O–H groups in total. The van der Waals surface area contributed by atoms with E-state index >= 15 is 0 Å². The van der Waals surface area contributed by atoms with Crippen molar-refractivity contribution in [3.8, 4) is 0 Å². The molecule has 1 aliphatic rings. The summed E-state index contributed by atoms with van der Waals surface area (Å²) in [7, 11) is 0. The van der Waals surface area contributed by atoms with E-state index in [-0.39, 0.29) is 5.84 Å². The summed E-state index contributed by atoms with van der Waals surface area (Å²) in [6.07, 6.45) is 7.06. The molecule has 7 nitrogen and oxygen atoms in total. The monoisotopic (exact) mass is 383 g/mol. The number of nitrogens with two attached hydrogens (primary N) is 1. The maximum absolute atomic E-state index is 14.0. The zero-order valence-corrected chi connectivity index (χ0v) is 15.7. The van der Waals surface area contributed by atoms with Gasteiger partial charge < -0.3 is 16.2 Å². The topological polar surface area (TPSA) is 113 Å². The molecule has 146 valence electrons. The number of amidine groups is 1. The molecule has 0 unspecified atom stereocenters. The number of hydrogen-bond donors (Lipinski definition) is 3. The van der Waals surface area contributed by atoms with Crippen LogP contribution in [0.3, 0.4) is 0 Å². The summed E-state index contributed by atoms with van der Waals surface area (Å²) < 4.78 is 14.0. The molecule has 1 heterocycles. The molecule has 3 rings (SSSR count). The van der Waals surface area contributed by atoms with Crippen LogP contribution in [0.1, 0.15) is 38.1 Å². The van der Waals surface area contributed by atoms with E-state index in [1.54, 1.807) is 32.0 Å². The summed E-state index contributed by atoms with van der Waals surface area (Å²) in [6.45, 7) is 3.19. The van der Waals surface area contributed by atoms with Gasteiger partial charge in [0.2, 0.25) is 0 Å². The first-order valence-corrected chi connectivity index (χ1v) is 8.84. The number of benzene rings is 1. The van der Waals surface area contributed by atoms with Crippen LogP contribution in [0.2, 0.25) is 0 Å². The van der Waals surface area contributed by atoms with Crippen LogP contribution in [0.5, 0.6) is 0 Å². The highest BCUT2D eigenvalue weighted by Crippen LogP contribution is 2.50. The molecule has 0 saturated heterocycles. The van der Waals surface area contributed by atoms with E-state index in [1.807, 2.05) is 0 Å². The maximum atomic E-state index is 14.0. The molecule has 1 amide bonds. The molecular formula is C20H22FN5O2. The van der Waals surface area contributed by atoms with Gasteiger partial charge in [-0.15, -0.1) is 0 Å². The fourth-order valence-electron chi connectivity index (χ4n) is 2.78. The van der Waals surface area contributed by atoms with Crippen molar-refractivity contribution in [3.05, 3.63) is 66.1 Å². The minimum atomic E-state index is -1.12. The van der Waals surface area contributed by atoms with Gasteiger partial charge in [-0.05, 0) is 38.8 Å². The zero-order valence-electron chi connectivity index (χ0n) is 15.7. The molecule has 1 aromatic carbocycles. The Labute approximate surface area is 162 Å². The molecule has 2 aromatic rings. The number of nitrogens with one attached hydrogen (secondary N) is 1. The molecule has 8 heteroatoms. The molecule has 1 aliphatic carbocycles. The summed E-state index contributed by atoms with van der Waals surface area (Å²) in [6, 6.07) is 6.24. The van der Waals surface area contributed by atoms with Gasteiger partial charge in [-0.3, -0.25) is 4.79 Å². The van der Waals surface area contributed by atoms with Crippen molar-refractivity contribution in [2.45, 2.75) is 37.7 Å². The summed E-state index contributed by atoms with van der Waals surface area (Å²) >= 11 is 0. The highest BCUT2D eigenvalue weighted by Gasteiger charge is 2.52. The fourth-order valence-corrected chi connectivity index (χ4v) is 2.78. The second kappa shape index (κ2) is 7.47. The highest BCUT2D eigenvalue weighted by molar-refractivity contribution is 6.04. The first kappa shape index (κ1) is 19.6. The fraction of sp³-hybridized carbons (Fsp3) is 0.300. The Morgan fingerprint density at radius 2 is 1.96 bits per heavy atom. The van der Waals surface area contributed by atoms with Gasteiger partial charge in [0.25, 0.3) is 5.91 Å². The summed E-state index contributed by atoms with van der Waals surface area (Å²) in [5.41, 5.74) is 4.72. The molecule has 0 atom stereocenters. The third kappa shape index (κ3) is 4.23. The number of hydrogen-bond acceptors (Lipinski definition) is 5. The second-order valence-electron chi connectivity index (χ2n) is 7.24. The molecular weight excluding hydrogens is 361 g/mol. The van der Waals surface area contributed by atoms with Crippen molar-refractivity contribution in [2.75, 3.05) is 5.32 Å². The van der Waals surface area contributed by atoms with Gasteiger partial charge in [-0.25, -0.2) is 14.4 Å². The standard InChI is InChI=1S/C20H22FN5O2/c1-19(2,28)17-24-11-13(12-25-17)23-10-7-16(22)26-18(27)20(8-9-20)14-5-3-4-6-15(14)21/h3-7,10-12,23,28H,8-9H2,1-2H3,(H2,22,26,27)/b10-7-. The van der Waals surface area contributed by atoms with E-state index in [0.717, 1.165) is 0 Å². The van der Waals surface area contributed by atoms with Gasteiger partial charge in [-0.1, -0.05) is 18.2 Å². The predicted molar refractivity (Wildman–Crippen MR) is 104 cm³/mol. The molecule has 1 saturated carbocycles.